The molecule has 0 saturated heterocycles. The van der Waals surface area contributed by atoms with Crippen molar-refractivity contribution in [2.45, 2.75) is 33.2 Å². The lowest BCUT2D eigenvalue weighted by Gasteiger charge is -2.28. The van der Waals surface area contributed by atoms with Crippen molar-refractivity contribution < 1.29 is 0 Å². The van der Waals surface area contributed by atoms with E-state index in [4.69, 9.17) is 5.73 Å². The van der Waals surface area contributed by atoms with Crippen LogP contribution in [0, 0.1) is 11.8 Å². The molecule has 0 amide bonds. The zero-order valence-electron chi connectivity index (χ0n) is 8.22. The SMILES string of the molecule is CCC(CN)C(NC)C(C)C. The van der Waals surface area contributed by atoms with Crippen LogP contribution in [-0.2, 0) is 0 Å². The Morgan fingerprint density at radius 2 is 1.91 bits per heavy atom. The normalized spacial score (nSPS) is 16.9. The van der Waals surface area contributed by atoms with E-state index >= 15 is 0 Å². The fraction of sp³-hybridized carbons (Fsp3) is 1.00. The second kappa shape index (κ2) is 5.56. The molecule has 2 heteroatoms. The Kier molecular flexibility index (Phi) is 5.51. The fourth-order valence-corrected chi connectivity index (χ4v) is 1.68. The van der Waals surface area contributed by atoms with Gasteiger partial charge in [-0.3, -0.25) is 0 Å². The largest absolute Gasteiger partial charge is 0.330 e. The van der Waals surface area contributed by atoms with E-state index in [0.717, 1.165) is 6.54 Å². The summed E-state index contributed by atoms with van der Waals surface area (Å²) >= 11 is 0. The van der Waals surface area contributed by atoms with Crippen molar-refractivity contribution in [2.75, 3.05) is 13.6 Å². The van der Waals surface area contributed by atoms with Crippen molar-refractivity contribution in [3.8, 4) is 0 Å². The molecule has 0 spiro atoms. The van der Waals surface area contributed by atoms with Crippen LogP contribution in [0.1, 0.15) is 27.2 Å². The van der Waals surface area contributed by atoms with E-state index in [0.29, 0.717) is 17.9 Å². The van der Waals surface area contributed by atoms with Gasteiger partial charge in [0, 0.05) is 6.04 Å². The Bertz CT molecular complexity index is 87.6. The van der Waals surface area contributed by atoms with Crippen molar-refractivity contribution in [2.24, 2.45) is 17.6 Å². The lowest BCUT2D eigenvalue weighted by Crippen LogP contribution is -2.41. The van der Waals surface area contributed by atoms with Gasteiger partial charge in [0.25, 0.3) is 0 Å². The van der Waals surface area contributed by atoms with Crippen LogP contribution in [0.15, 0.2) is 0 Å². The van der Waals surface area contributed by atoms with Gasteiger partial charge in [0.2, 0.25) is 0 Å². The molecule has 2 nitrogen and oxygen atoms in total. The van der Waals surface area contributed by atoms with Gasteiger partial charge in [-0.05, 0) is 25.4 Å². The molecule has 0 aliphatic heterocycles. The smallest absolute Gasteiger partial charge is 0.0127 e. The minimum atomic E-state index is 0.574. The molecule has 11 heavy (non-hydrogen) atoms. The molecule has 2 unspecified atom stereocenters. The quantitative estimate of drug-likeness (QED) is 0.631. The van der Waals surface area contributed by atoms with Crippen LogP contribution in [0.3, 0.4) is 0 Å². The Hall–Kier alpha value is -0.0800. The molecule has 0 heterocycles. The van der Waals surface area contributed by atoms with Crippen molar-refractivity contribution in [3.63, 3.8) is 0 Å². The third kappa shape index (κ3) is 3.21. The van der Waals surface area contributed by atoms with Gasteiger partial charge in [0.05, 0.1) is 0 Å². The molecule has 2 atom stereocenters. The zero-order valence-corrected chi connectivity index (χ0v) is 8.22. The molecule has 68 valence electrons. The van der Waals surface area contributed by atoms with Gasteiger partial charge in [-0.2, -0.15) is 0 Å². The number of hydrogen-bond donors (Lipinski definition) is 2. The third-order valence-electron chi connectivity index (χ3n) is 2.39. The molecule has 0 radical (unpaired) electrons. The van der Waals surface area contributed by atoms with Crippen LogP contribution in [0.4, 0.5) is 0 Å². The molecule has 0 bridgehead atoms. The third-order valence-corrected chi connectivity index (χ3v) is 2.39. The number of nitrogens with one attached hydrogen (secondary N) is 1. The first kappa shape index (κ1) is 10.9. The maximum absolute atomic E-state index is 5.66. The van der Waals surface area contributed by atoms with E-state index in [1.807, 2.05) is 7.05 Å². The number of hydrogen-bond acceptors (Lipinski definition) is 2. The van der Waals surface area contributed by atoms with Crippen molar-refractivity contribution >= 4 is 0 Å². The molecule has 0 rings (SSSR count). The Labute approximate surface area is 70.5 Å². The van der Waals surface area contributed by atoms with Crippen LogP contribution in [0.25, 0.3) is 0 Å². The highest BCUT2D eigenvalue weighted by Gasteiger charge is 2.19. The van der Waals surface area contributed by atoms with Gasteiger partial charge in [-0.1, -0.05) is 27.2 Å². The Balaban J connectivity index is 3.98. The van der Waals surface area contributed by atoms with Gasteiger partial charge in [0.1, 0.15) is 0 Å². The molecular weight excluding hydrogens is 136 g/mol. The van der Waals surface area contributed by atoms with Crippen LogP contribution >= 0.6 is 0 Å². The fourth-order valence-electron chi connectivity index (χ4n) is 1.68. The maximum Gasteiger partial charge on any atom is 0.0127 e. The summed E-state index contributed by atoms with van der Waals surface area (Å²) in [6.07, 6.45) is 1.17. The van der Waals surface area contributed by atoms with Crippen LogP contribution in [0.5, 0.6) is 0 Å². The minimum absolute atomic E-state index is 0.574. The van der Waals surface area contributed by atoms with E-state index in [1.54, 1.807) is 0 Å². The summed E-state index contributed by atoms with van der Waals surface area (Å²) < 4.78 is 0. The summed E-state index contributed by atoms with van der Waals surface area (Å²) in [5.41, 5.74) is 5.66. The predicted molar refractivity (Wildman–Crippen MR) is 50.5 cm³/mol. The van der Waals surface area contributed by atoms with Crippen LogP contribution in [0.2, 0.25) is 0 Å². The lowest BCUT2D eigenvalue weighted by molar-refractivity contribution is 0.296. The summed E-state index contributed by atoms with van der Waals surface area (Å²) in [5, 5.41) is 3.32. The molecule has 0 aromatic rings. The Morgan fingerprint density at radius 3 is 2.00 bits per heavy atom. The average Bonchev–Trinajstić information content (AvgIpc) is 1.99. The number of rotatable bonds is 5. The monoisotopic (exact) mass is 158 g/mol. The van der Waals surface area contributed by atoms with E-state index in [-0.39, 0.29) is 0 Å². The zero-order chi connectivity index (χ0) is 8.85. The van der Waals surface area contributed by atoms with Gasteiger partial charge in [-0.25, -0.2) is 0 Å². The highest BCUT2D eigenvalue weighted by molar-refractivity contribution is 4.77. The predicted octanol–water partition coefficient (Wildman–Crippen LogP) is 1.22. The van der Waals surface area contributed by atoms with Crippen molar-refractivity contribution in [3.05, 3.63) is 0 Å². The molecule has 0 aliphatic rings. The van der Waals surface area contributed by atoms with Gasteiger partial charge < -0.3 is 11.1 Å². The van der Waals surface area contributed by atoms with Gasteiger partial charge in [0.15, 0.2) is 0 Å². The Morgan fingerprint density at radius 1 is 1.36 bits per heavy atom. The van der Waals surface area contributed by atoms with Crippen molar-refractivity contribution in [1.82, 2.24) is 5.32 Å². The molecule has 0 saturated carbocycles. The minimum Gasteiger partial charge on any atom is -0.330 e. The van der Waals surface area contributed by atoms with Gasteiger partial charge in [-0.15, -0.1) is 0 Å². The first-order valence-corrected chi connectivity index (χ1v) is 4.54. The highest BCUT2D eigenvalue weighted by Crippen LogP contribution is 2.14. The average molecular weight is 158 g/mol. The lowest BCUT2D eigenvalue weighted by atomic mass is 9.89. The number of nitrogens with two attached hydrogens (primary N) is 1. The highest BCUT2D eigenvalue weighted by atomic mass is 14.9. The first-order valence-electron chi connectivity index (χ1n) is 4.54. The van der Waals surface area contributed by atoms with E-state index < -0.39 is 0 Å². The molecule has 0 aromatic carbocycles. The summed E-state index contributed by atoms with van der Waals surface area (Å²) in [6, 6.07) is 0.574. The van der Waals surface area contributed by atoms with Crippen LogP contribution < -0.4 is 11.1 Å². The summed E-state index contributed by atoms with van der Waals surface area (Å²) in [5.74, 6) is 1.30. The molecular formula is C9H22N2. The summed E-state index contributed by atoms with van der Waals surface area (Å²) in [7, 11) is 2.02. The second-order valence-electron chi connectivity index (χ2n) is 3.46. The topological polar surface area (TPSA) is 38.0 Å². The summed E-state index contributed by atoms with van der Waals surface area (Å²) in [6.45, 7) is 7.46. The molecule has 0 fully saturated rings. The second-order valence-corrected chi connectivity index (χ2v) is 3.46. The molecule has 0 aromatic heterocycles. The molecule has 0 aliphatic carbocycles. The maximum atomic E-state index is 5.66. The first-order chi connectivity index (χ1) is 5.17. The standard InChI is InChI=1S/C9H22N2/c1-5-8(6-10)9(11-4)7(2)3/h7-9,11H,5-6,10H2,1-4H3. The summed E-state index contributed by atoms with van der Waals surface area (Å²) in [4.78, 5) is 0. The molecule has 3 N–H and O–H groups in total. The van der Waals surface area contributed by atoms with Crippen molar-refractivity contribution in [1.29, 1.82) is 0 Å². The van der Waals surface area contributed by atoms with E-state index in [2.05, 4.69) is 26.1 Å². The van der Waals surface area contributed by atoms with Gasteiger partial charge >= 0.3 is 0 Å². The van der Waals surface area contributed by atoms with E-state index in [1.165, 1.54) is 6.42 Å². The van der Waals surface area contributed by atoms with Crippen LogP contribution in [-0.4, -0.2) is 19.6 Å². The van der Waals surface area contributed by atoms with E-state index in [9.17, 15) is 0 Å².